The first-order valence-corrected chi connectivity index (χ1v) is 12.5. The number of hydrogen-bond acceptors (Lipinski definition) is 6. The molecule has 0 saturated carbocycles. The second-order valence-electron chi connectivity index (χ2n) is 8.22. The average Bonchev–Trinajstić information content (AvgIpc) is 3.30. The lowest BCUT2D eigenvalue weighted by molar-refractivity contribution is 0.395. The Balaban J connectivity index is 1.43. The van der Waals surface area contributed by atoms with Gasteiger partial charge in [0.05, 0.1) is 18.1 Å². The minimum absolute atomic E-state index is 0.404. The molecule has 0 unspecified atom stereocenters. The number of aryl methyl sites for hydroxylation is 1. The third-order valence-electron chi connectivity index (χ3n) is 5.92. The Hall–Kier alpha value is -3.56. The highest BCUT2D eigenvalue weighted by atomic mass is 32.2. The first-order chi connectivity index (χ1) is 15.9. The quantitative estimate of drug-likeness (QED) is 0.468. The van der Waals surface area contributed by atoms with Crippen molar-refractivity contribution in [1.29, 1.82) is 0 Å². The van der Waals surface area contributed by atoms with E-state index in [1.54, 1.807) is 18.6 Å². The summed E-state index contributed by atoms with van der Waals surface area (Å²) < 4.78 is 25.4. The van der Waals surface area contributed by atoms with Gasteiger partial charge in [-0.3, -0.25) is 0 Å². The summed E-state index contributed by atoms with van der Waals surface area (Å²) in [4.78, 5) is 16.1. The summed E-state index contributed by atoms with van der Waals surface area (Å²) in [5.41, 5.74) is 7.96. The Kier molecular flexibility index (Phi) is 5.43. The Labute approximate surface area is 192 Å². The molecule has 2 aromatic carbocycles. The molecule has 33 heavy (non-hydrogen) atoms. The van der Waals surface area contributed by atoms with E-state index in [2.05, 4.69) is 44.3 Å². The molecule has 0 amide bonds. The fourth-order valence-corrected chi connectivity index (χ4v) is 4.93. The van der Waals surface area contributed by atoms with Crippen LogP contribution in [0.1, 0.15) is 16.7 Å². The van der Waals surface area contributed by atoms with E-state index in [4.69, 9.17) is 0 Å². The van der Waals surface area contributed by atoms with Crippen molar-refractivity contribution in [3.05, 3.63) is 78.0 Å². The maximum absolute atomic E-state index is 12.0. The van der Waals surface area contributed by atoms with Crippen LogP contribution in [0.15, 0.2) is 61.3 Å². The first kappa shape index (κ1) is 21.3. The molecule has 1 aliphatic heterocycles. The molecule has 0 fully saturated rings. The third kappa shape index (κ3) is 4.37. The SMILES string of the molecule is Cc1ccc(Nc2cccc3c2CCN(S(C)(=O)=O)C3)cc1-c1ncc(-c2cncnc2)[nH]1. The van der Waals surface area contributed by atoms with Gasteiger partial charge in [-0.2, -0.15) is 4.31 Å². The first-order valence-electron chi connectivity index (χ1n) is 10.6. The molecule has 5 rings (SSSR count). The second kappa shape index (κ2) is 8.42. The van der Waals surface area contributed by atoms with E-state index in [1.165, 1.54) is 16.9 Å². The van der Waals surface area contributed by atoms with Crippen molar-refractivity contribution in [2.75, 3.05) is 18.1 Å². The molecule has 2 N–H and O–H groups in total. The Morgan fingerprint density at radius 2 is 1.91 bits per heavy atom. The number of aromatic nitrogens is 4. The summed E-state index contributed by atoms with van der Waals surface area (Å²) >= 11 is 0. The Morgan fingerprint density at radius 3 is 2.70 bits per heavy atom. The molecule has 0 atom stereocenters. The number of sulfonamides is 1. The van der Waals surface area contributed by atoms with Crippen molar-refractivity contribution in [2.45, 2.75) is 19.9 Å². The van der Waals surface area contributed by atoms with Crippen LogP contribution in [0.5, 0.6) is 0 Å². The van der Waals surface area contributed by atoms with Gasteiger partial charge >= 0.3 is 0 Å². The molecule has 1 aliphatic rings. The molecule has 2 aromatic heterocycles. The van der Waals surface area contributed by atoms with Gasteiger partial charge in [0.2, 0.25) is 10.0 Å². The van der Waals surface area contributed by atoms with E-state index in [0.717, 1.165) is 50.7 Å². The monoisotopic (exact) mass is 460 g/mol. The van der Waals surface area contributed by atoms with Crippen LogP contribution in [-0.4, -0.2) is 45.5 Å². The standard InChI is InChI=1S/C24H24N6O2S/c1-16-6-7-19(10-21(16)24-27-13-23(29-24)18-11-25-15-26-12-18)28-22-5-3-4-17-14-30(33(2,31)32)9-8-20(17)22/h3-7,10-13,15,28H,8-9,14H2,1-2H3,(H,27,29). The number of H-pyrrole nitrogens is 1. The highest BCUT2D eigenvalue weighted by Crippen LogP contribution is 2.32. The van der Waals surface area contributed by atoms with Crippen LogP contribution in [0.3, 0.4) is 0 Å². The van der Waals surface area contributed by atoms with Gasteiger partial charge in [0, 0.05) is 48.0 Å². The Bertz CT molecular complexity index is 1420. The van der Waals surface area contributed by atoms with Crippen molar-refractivity contribution in [3.8, 4) is 22.6 Å². The van der Waals surface area contributed by atoms with Gasteiger partial charge in [-0.05, 0) is 48.2 Å². The molecule has 8 nitrogen and oxygen atoms in total. The zero-order chi connectivity index (χ0) is 23.0. The van der Waals surface area contributed by atoms with Crippen LogP contribution in [0.2, 0.25) is 0 Å². The molecule has 0 bridgehead atoms. The number of fused-ring (bicyclic) bond motifs is 1. The van der Waals surface area contributed by atoms with Crippen molar-refractivity contribution in [1.82, 2.24) is 24.2 Å². The lowest BCUT2D eigenvalue weighted by Crippen LogP contribution is -2.35. The van der Waals surface area contributed by atoms with Gasteiger partial charge in [0.1, 0.15) is 12.2 Å². The van der Waals surface area contributed by atoms with Crippen LogP contribution in [0, 0.1) is 6.92 Å². The summed E-state index contributed by atoms with van der Waals surface area (Å²) in [5.74, 6) is 0.772. The normalized spacial score (nSPS) is 14.1. The summed E-state index contributed by atoms with van der Waals surface area (Å²) in [7, 11) is -3.20. The molecule has 0 aliphatic carbocycles. The van der Waals surface area contributed by atoms with Crippen LogP contribution < -0.4 is 5.32 Å². The summed E-state index contributed by atoms with van der Waals surface area (Å²) in [6, 6.07) is 12.2. The number of aromatic amines is 1. The zero-order valence-corrected chi connectivity index (χ0v) is 19.2. The van der Waals surface area contributed by atoms with E-state index in [9.17, 15) is 8.42 Å². The van der Waals surface area contributed by atoms with Crippen LogP contribution in [0.25, 0.3) is 22.6 Å². The number of nitrogens with one attached hydrogen (secondary N) is 2. The number of imidazole rings is 1. The maximum Gasteiger partial charge on any atom is 0.211 e. The average molecular weight is 461 g/mol. The number of rotatable bonds is 5. The predicted molar refractivity (Wildman–Crippen MR) is 128 cm³/mol. The lowest BCUT2D eigenvalue weighted by Gasteiger charge is -2.28. The van der Waals surface area contributed by atoms with Gasteiger partial charge in [0.15, 0.2) is 0 Å². The number of anilines is 2. The molecule has 9 heteroatoms. The second-order valence-corrected chi connectivity index (χ2v) is 10.2. The van der Waals surface area contributed by atoms with Gasteiger partial charge in [-0.1, -0.05) is 18.2 Å². The summed E-state index contributed by atoms with van der Waals surface area (Å²) in [5, 5.41) is 3.53. The van der Waals surface area contributed by atoms with E-state index in [1.807, 2.05) is 24.3 Å². The number of benzene rings is 2. The molecular formula is C24H24N6O2S. The predicted octanol–water partition coefficient (Wildman–Crippen LogP) is 3.90. The third-order valence-corrected chi connectivity index (χ3v) is 7.17. The number of nitrogens with zero attached hydrogens (tertiary/aromatic N) is 4. The topological polar surface area (TPSA) is 104 Å². The highest BCUT2D eigenvalue weighted by Gasteiger charge is 2.24. The van der Waals surface area contributed by atoms with Gasteiger partial charge in [-0.15, -0.1) is 0 Å². The van der Waals surface area contributed by atoms with Crippen LogP contribution >= 0.6 is 0 Å². The number of hydrogen-bond donors (Lipinski definition) is 2. The molecule has 0 spiro atoms. The summed E-state index contributed by atoms with van der Waals surface area (Å²) in [6.07, 6.45) is 8.72. The molecule has 0 saturated heterocycles. The van der Waals surface area contributed by atoms with Crippen molar-refractivity contribution in [3.63, 3.8) is 0 Å². The van der Waals surface area contributed by atoms with E-state index >= 15 is 0 Å². The van der Waals surface area contributed by atoms with Gasteiger partial charge in [0.25, 0.3) is 0 Å². The maximum atomic E-state index is 12.0. The lowest BCUT2D eigenvalue weighted by atomic mass is 9.98. The Morgan fingerprint density at radius 1 is 1.09 bits per heavy atom. The minimum atomic E-state index is -3.20. The fraction of sp³-hybridized carbons (Fsp3) is 0.208. The largest absolute Gasteiger partial charge is 0.355 e. The van der Waals surface area contributed by atoms with Crippen LogP contribution in [-0.2, 0) is 23.0 Å². The fourth-order valence-electron chi connectivity index (χ4n) is 4.14. The smallest absolute Gasteiger partial charge is 0.211 e. The molecule has 4 aromatic rings. The van der Waals surface area contributed by atoms with Gasteiger partial charge < -0.3 is 10.3 Å². The van der Waals surface area contributed by atoms with Crippen molar-refractivity contribution >= 4 is 21.4 Å². The van der Waals surface area contributed by atoms with Crippen molar-refractivity contribution < 1.29 is 8.42 Å². The van der Waals surface area contributed by atoms with E-state index in [0.29, 0.717) is 19.5 Å². The van der Waals surface area contributed by atoms with Crippen molar-refractivity contribution in [2.24, 2.45) is 0 Å². The molecule has 3 heterocycles. The molecular weight excluding hydrogens is 436 g/mol. The van der Waals surface area contributed by atoms with E-state index < -0.39 is 10.0 Å². The zero-order valence-electron chi connectivity index (χ0n) is 18.4. The highest BCUT2D eigenvalue weighted by molar-refractivity contribution is 7.88. The van der Waals surface area contributed by atoms with E-state index in [-0.39, 0.29) is 0 Å². The minimum Gasteiger partial charge on any atom is -0.355 e. The molecule has 168 valence electrons. The van der Waals surface area contributed by atoms with Crippen LogP contribution in [0.4, 0.5) is 11.4 Å². The summed E-state index contributed by atoms with van der Waals surface area (Å²) in [6.45, 7) is 2.94. The molecule has 0 radical (unpaired) electrons. The van der Waals surface area contributed by atoms with Gasteiger partial charge in [-0.25, -0.2) is 23.4 Å².